The molecule has 0 saturated carbocycles. The van der Waals surface area contributed by atoms with Gasteiger partial charge in [0.25, 0.3) is 0 Å². The first-order valence-electron chi connectivity index (χ1n) is 7.91. The molecule has 1 heterocycles. The zero-order chi connectivity index (χ0) is 18.4. The third kappa shape index (κ3) is 6.17. The number of aromatic nitrogens is 2. The van der Waals surface area contributed by atoms with Crippen LogP contribution in [0.2, 0.25) is 5.02 Å². The highest BCUT2D eigenvalue weighted by molar-refractivity contribution is 14.0. The molecule has 0 aliphatic rings. The van der Waals surface area contributed by atoms with Gasteiger partial charge in [0.2, 0.25) is 11.7 Å². The molecule has 142 valence electrons. The summed E-state index contributed by atoms with van der Waals surface area (Å²) in [4.78, 5) is 8.46. The first-order valence-corrected chi connectivity index (χ1v) is 8.29. The van der Waals surface area contributed by atoms with Gasteiger partial charge in [0.05, 0.1) is 6.54 Å². The summed E-state index contributed by atoms with van der Waals surface area (Å²) in [6.45, 7) is 0.837. The summed E-state index contributed by atoms with van der Waals surface area (Å²) < 4.78 is 18.2. The topological polar surface area (TPSA) is 75.3 Å². The van der Waals surface area contributed by atoms with Crippen LogP contribution in [-0.2, 0) is 13.1 Å². The summed E-state index contributed by atoms with van der Waals surface area (Å²) >= 11 is 5.87. The highest BCUT2D eigenvalue weighted by atomic mass is 127. The molecule has 3 aromatic rings. The second kappa shape index (κ2) is 10.2. The Balaban J connectivity index is 0.00000261. The highest BCUT2D eigenvalue weighted by Crippen LogP contribution is 2.18. The summed E-state index contributed by atoms with van der Waals surface area (Å²) in [5.41, 5.74) is 1.76. The predicted octanol–water partition coefficient (Wildman–Crippen LogP) is 4.01. The quantitative estimate of drug-likeness (QED) is 0.314. The molecule has 0 aliphatic heterocycles. The van der Waals surface area contributed by atoms with E-state index in [0.29, 0.717) is 35.8 Å². The Morgan fingerprint density at radius 2 is 1.74 bits per heavy atom. The van der Waals surface area contributed by atoms with Gasteiger partial charge in [-0.1, -0.05) is 28.9 Å². The van der Waals surface area contributed by atoms with Crippen LogP contribution in [0.3, 0.4) is 0 Å². The third-order valence-electron chi connectivity index (χ3n) is 3.57. The first kappa shape index (κ1) is 21.1. The number of rotatable bonds is 5. The summed E-state index contributed by atoms with van der Waals surface area (Å²) in [7, 11) is 1.66. The van der Waals surface area contributed by atoms with Crippen LogP contribution in [0.15, 0.2) is 58.0 Å². The van der Waals surface area contributed by atoms with Crippen molar-refractivity contribution in [3.05, 3.63) is 70.8 Å². The van der Waals surface area contributed by atoms with Crippen molar-refractivity contribution in [2.75, 3.05) is 7.05 Å². The first-order chi connectivity index (χ1) is 12.6. The van der Waals surface area contributed by atoms with Gasteiger partial charge in [-0.25, -0.2) is 4.39 Å². The molecule has 6 nitrogen and oxygen atoms in total. The van der Waals surface area contributed by atoms with Crippen LogP contribution in [0.1, 0.15) is 11.5 Å². The molecule has 0 unspecified atom stereocenters. The molecule has 2 aromatic carbocycles. The zero-order valence-corrected chi connectivity index (χ0v) is 17.5. The Morgan fingerprint density at radius 1 is 1.07 bits per heavy atom. The molecular formula is C18H18ClFIN5O. The monoisotopic (exact) mass is 501 g/mol. The Hall–Kier alpha value is -2.20. The smallest absolute Gasteiger partial charge is 0.246 e. The standard InChI is InChI=1S/C18H17ClFN5O.HI/c1-21-18(22-10-12-2-8-15(20)9-3-12)23-11-16-24-17(25-26-16)13-4-6-14(19)7-5-13;/h2-9H,10-11H2,1H3,(H2,21,22,23);1H. The van der Waals surface area contributed by atoms with Gasteiger partial charge in [-0.2, -0.15) is 4.98 Å². The molecule has 0 spiro atoms. The number of nitrogens with one attached hydrogen (secondary N) is 2. The van der Waals surface area contributed by atoms with Crippen LogP contribution >= 0.6 is 35.6 Å². The van der Waals surface area contributed by atoms with Crippen molar-refractivity contribution >= 4 is 41.5 Å². The van der Waals surface area contributed by atoms with Crippen molar-refractivity contribution in [3.63, 3.8) is 0 Å². The largest absolute Gasteiger partial charge is 0.352 e. The minimum absolute atomic E-state index is 0. The number of guanidine groups is 1. The molecule has 0 saturated heterocycles. The lowest BCUT2D eigenvalue weighted by Gasteiger charge is -2.10. The van der Waals surface area contributed by atoms with Crippen LogP contribution in [0, 0.1) is 5.82 Å². The Labute approximate surface area is 178 Å². The normalized spacial score (nSPS) is 11.0. The Bertz CT molecular complexity index is 884. The Kier molecular flexibility index (Phi) is 7.99. The lowest BCUT2D eigenvalue weighted by molar-refractivity contribution is 0.375. The number of hydrogen-bond donors (Lipinski definition) is 2. The summed E-state index contributed by atoms with van der Waals surface area (Å²) in [5.74, 6) is 1.23. The molecule has 0 atom stereocenters. The van der Waals surface area contributed by atoms with Gasteiger partial charge in [-0.15, -0.1) is 24.0 Å². The van der Waals surface area contributed by atoms with E-state index in [2.05, 4.69) is 25.8 Å². The average molecular weight is 502 g/mol. The van der Waals surface area contributed by atoms with E-state index in [-0.39, 0.29) is 29.8 Å². The average Bonchev–Trinajstić information content (AvgIpc) is 3.13. The van der Waals surface area contributed by atoms with E-state index in [1.54, 1.807) is 31.3 Å². The van der Waals surface area contributed by atoms with E-state index in [0.717, 1.165) is 11.1 Å². The molecule has 0 radical (unpaired) electrons. The maximum Gasteiger partial charge on any atom is 0.246 e. The van der Waals surface area contributed by atoms with Crippen LogP contribution in [-0.4, -0.2) is 23.1 Å². The van der Waals surface area contributed by atoms with E-state index < -0.39 is 0 Å². The number of aliphatic imine (C=N–C) groups is 1. The fourth-order valence-corrected chi connectivity index (χ4v) is 2.34. The van der Waals surface area contributed by atoms with Crippen molar-refractivity contribution in [1.29, 1.82) is 0 Å². The third-order valence-corrected chi connectivity index (χ3v) is 3.83. The Morgan fingerprint density at radius 3 is 2.41 bits per heavy atom. The summed E-state index contributed by atoms with van der Waals surface area (Å²) in [6.07, 6.45) is 0. The number of halogens is 3. The molecule has 3 rings (SSSR count). The second-order valence-corrected chi connectivity index (χ2v) is 5.86. The van der Waals surface area contributed by atoms with Crippen molar-refractivity contribution in [2.45, 2.75) is 13.1 Å². The molecule has 2 N–H and O–H groups in total. The maximum absolute atomic E-state index is 12.9. The number of benzene rings is 2. The van der Waals surface area contributed by atoms with E-state index in [9.17, 15) is 4.39 Å². The van der Waals surface area contributed by atoms with Gasteiger partial charge in [0.1, 0.15) is 5.82 Å². The van der Waals surface area contributed by atoms with Gasteiger partial charge in [0.15, 0.2) is 5.96 Å². The van der Waals surface area contributed by atoms with Crippen LogP contribution in [0.25, 0.3) is 11.4 Å². The maximum atomic E-state index is 12.9. The molecule has 0 bridgehead atoms. The molecule has 0 aliphatic carbocycles. The van der Waals surface area contributed by atoms with Crippen molar-refractivity contribution in [3.8, 4) is 11.4 Å². The molecular weight excluding hydrogens is 484 g/mol. The highest BCUT2D eigenvalue weighted by Gasteiger charge is 2.09. The van der Waals surface area contributed by atoms with Crippen molar-refractivity contribution in [2.24, 2.45) is 4.99 Å². The van der Waals surface area contributed by atoms with E-state index in [1.807, 2.05) is 12.1 Å². The lowest BCUT2D eigenvalue weighted by Crippen LogP contribution is -2.36. The van der Waals surface area contributed by atoms with E-state index in [4.69, 9.17) is 16.1 Å². The molecule has 9 heteroatoms. The number of hydrogen-bond acceptors (Lipinski definition) is 4. The summed E-state index contributed by atoms with van der Waals surface area (Å²) in [5, 5.41) is 10.8. The van der Waals surface area contributed by atoms with Crippen LogP contribution in [0.4, 0.5) is 4.39 Å². The molecule has 1 aromatic heterocycles. The zero-order valence-electron chi connectivity index (χ0n) is 14.4. The predicted molar refractivity (Wildman–Crippen MR) is 114 cm³/mol. The van der Waals surface area contributed by atoms with Crippen LogP contribution in [0.5, 0.6) is 0 Å². The molecule has 27 heavy (non-hydrogen) atoms. The lowest BCUT2D eigenvalue weighted by atomic mass is 10.2. The van der Waals surface area contributed by atoms with Gasteiger partial charge in [-0.3, -0.25) is 4.99 Å². The van der Waals surface area contributed by atoms with E-state index in [1.165, 1.54) is 12.1 Å². The van der Waals surface area contributed by atoms with Gasteiger partial charge in [0, 0.05) is 24.2 Å². The molecule has 0 amide bonds. The van der Waals surface area contributed by atoms with Crippen molar-refractivity contribution in [1.82, 2.24) is 20.8 Å². The minimum atomic E-state index is -0.260. The SMILES string of the molecule is CN=C(NCc1ccc(F)cc1)NCc1nc(-c2ccc(Cl)cc2)no1.I. The molecule has 0 fully saturated rings. The minimum Gasteiger partial charge on any atom is -0.352 e. The fourth-order valence-electron chi connectivity index (χ4n) is 2.21. The van der Waals surface area contributed by atoms with Gasteiger partial charge >= 0.3 is 0 Å². The van der Waals surface area contributed by atoms with E-state index >= 15 is 0 Å². The fraction of sp³-hybridized carbons (Fsp3) is 0.167. The number of nitrogens with zero attached hydrogens (tertiary/aromatic N) is 3. The van der Waals surface area contributed by atoms with Crippen LogP contribution < -0.4 is 10.6 Å². The van der Waals surface area contributed by atoms with Gasteiger partial charge < -0.3 is 15.2 Å². The van der Waals surface area contributed by atoms with Crippen molar-refractivity contribution < 1.29 is 8.91 Å². The second-order valence-electron chi connectivity index (χ2n) is 5.42. The van der Waals surface area contributed by atoms with Gasteiger partial charge in [-0.05, 0) is 42.0 Å². The summed E-state index contributed by atoms with van der Waals surface area (Å²) in [6, 6.07) is 13.5.